The lowest BCUT2D eigenvalue weighted by atomic mass is 10.1. The molecule has 0 spiro atoms. The van der Waals surface area contributed by atoms with Gasteiger partial charge in [-0.2, -0.15) is 0 Å². The lowest BCUT2D eigenvalue weighted by Crippen LogP contribution is -2.49. The molecule has 33 heavy (non-hydrogen) atoms. The van der Waals surface area contributed by atoms with Crippen molar-refractivity contribution in [3.63, 3.8) is 0 Å². The number of hydrogen-bond acceptors (Lipinski definition) is 5. The number of pyridine rings is 1. The van der Waals surface area contributed by atoms with Gasteiger partial charge in [0.15, 0.2) is 0 Å². The van der Waals surface area contributed by atoms with Crippen LogP contribution in [0.15, 0.2) is 16.9 Å². The number of rotatable bonds is 7. The molecule has 1 aliphatic heterocycles. The number of nitrogens with zero attached hydrogens (tertiary/aromatic N) is 3. The highest BCUT2D eigenvalue weighted by molar-refractivity contribution is 9.10. The molecule has 2 aromatic rings. The fourth-order valence-corrected chi connectivity index (χ4v) is 5.90. The molecule has 1 saturated carbocycles. The zero-order valence-corrected chi connectivity index (χ0v) is 22.2. The summed E-state index contributed by atoms with van der Waals surface area (Å²) < 4.78 is 13.6. The van der Waals surface area contributed by atoms with Gasteiger partial charge in [-0.05, 0) is 41.2 Å². The summed E-state index contributed by atoms with van der Waals surface area (Å²) in [6, 6.07) is 0.933. The van der Waals surface area contributed by atoms with Crippen molar-refractivity contribution < 1.29 is 19.1 Å². The number of carbonyl (C=O) groups is 2. The smallest absolute Gasteiger partial charge is 0.407 e. The van der Waals surface area contributed by atoms with E-state index in [-0.39, 0.29) is 18.1 Å². The lowest BCUT2D eigenvalue weighted by Gasteiger charge is -2.35. The fraction of sp³-hybridized carbons (Fsp3) is 0.591. The quantitative estimate of drug-likeness (QED) is 0.402. The van der Waals surface area contributed by atoms with Crippen LogP contribution in [0.2, 0.25) is 25.7 Å². The molecule has 180 valence electrons. The number of amides is 3. The van der Waals surface area contributed by atoms with Crippen LogP contribution < -0.4 is 15.5 Å². The third-order valence-electron chi connectivity index (χ3n) is 6.28. The third kappa shape index (κ3) is 5.20. The van der Waals surface area contributed by atoms with Crippen molar-refractivity contribution in [1.82, 2.24) is 20.2 Å². The van der Waals surface area contributed by atoms with Crippen LogP contribution in [0.1, 0.15) is 24.8 Å². The fourth-order valence-electron chi connectivity index (χ4n) is 4.53. The third-order valence-corrected chi connectivity index (χ3v) is 8.59. The number of halogens is 1. The highest BCUT2D eigenvalue weighted by atomic mass is 79.9. The second-order valence-corrected chi connectivity index (χ2v) is 16.4. The summed E-state index contributed by atoms with van der Waals surface area (Å²) in [4.78, 5) is 31.2. The molecule has 0 aromatic carbocycles. The van der Waals surface area contributed by atoms with Crippen molar-refractivity contribution >= 4 is 52.8 Å². The van der Waals surface area contributed by atoms with E-state index in [2.05, 4.69) is 46.2 Å². The average Bonchev–Trinajstić information content (AvgIpc) is 3.34. The molecular weight excluding hydrogens is 506 g/mol. The number of aromatic nitrogens is 2. The van der Waals surface area contributed by atoms with Crippen molar-refractivity contribution in [2.75, 3.05) is 18.6 Å². The van der Waals surface area contributed by atoms with Crippen LogP contribution in [0.25, 0.3) is 11.0 Å². The molecular formula is C22H32BrN5O4Si. The van der Waals surface area contributed by atoms with Crippen molar-refractivity contribution in [2.45, 2.75) is 70.3 Å². The molecule has 0 bridgehead atoms. The van der Waals surface area contributed by atoms with E-state index < -0.39 is 14.2 Å². The summed E-state index contributed by atoms with van der Waals surface area (Å²) in [6.45, 7) is 8.58. The molecule has 4 rings (SSSR count). The number of alkyl carbamates (subject to hydrolysis) is 1. The van der Waals surface area contributed by atoms with Gasteiger partial charge < -0.3 is 24.7 Å². The largest absolute Gasteiger partial charge is 0.453 e. The second kappa shape index (κ2) is 9.63. The Morgan fingerprint density at radius 3 is 2.88 bits per heavy atom. The van der Waals surface area contributed by atoms with Gasteiger partial charge in [0.05, 0.1) is 18.2 Å². The minimum absolute atomic E-state index is 0.0224. The van der Waals surface area contributed by atoms with Crippen LogP contribution >= 0.6 is 15.9 Å². The molecule has 11 heteroatoms. The van der Waals surface area contributed by atoms with E-state index in [0.29, 0.717) is 19.7 Å². The monoisotopic (exact) mass is 537 g/mol. The van der Waals surface area contributed by atoms with E-state index in [4.69, 9.17) is 14.5 Å². The molecule has 1 aliphatic carbocycles. The number of nitrogens with one attached hydrogen (secondary N) is 2. The van der Waals surface area contributed by atoms with Gasteiger partial charge in [-0.3, -0.25) is 4.90 Å². The predicted octanol–water partition coefficient (Wildman–Crippen LogP) is 4.42. The van der Waals surface area contributed by atoms with Gasteiger partial charge >= 0.3 is 12.1 Å². The normalized spacial score (nSPS) is 20.6. The summed E-state index contributed by atoms with van der Waals surface area (Å²) in [5.74, 6) is 0. The Kier molecular flexibility index (Phi) is 7.01. The maximum Gasteiger partial charge on any atom is 0.407 e. The highest BCUT2D eigenvalue weighted by Gasteiger charge is 2.38. The summed E-state index contributed by atoms with van der Waals surface area (Å²) in [5.41, 5.74) is 2.65. The van der Waals surface area contributed by atoms with Gasteiger partial charge in [0.2, 0.25) is 0 Å². The molecule has 3 amide bonds. The van der Waals surface area contributed by atoms with E-state index in [1.165, 1.54) is 7.11 Å². The minimum Gasteiger partial charge on any atom is -0.453 e. The lowest BCUT2D eigenvalue weighted by molar-refractivity contribution is 0.0898. The maximum absolute atomic E-state index is 13.0. The Labute approximate surface area is 203 Å². The van der Waals surface area contributed by atoms with Gasteiger partial charge in [-0.25, -0.2) is 14.6 Å². The molecule has 1 fully saturated rings. The molecule has 2 atom stereocenters. The second-order valence-electron chi connectivity index (χ2n) is 9.95. The molecule has 2 aliphatic rings. The van der Waals surface area contributed by atoms with Crippen LogP contribution in [-0.2, 0) is 22.7 Å². The Bertz CT molecular complexity index is 1050. The van der Waals surface area contributed by atoms with Crippen molar-refractivity contribution in [2.24, 2.45) is 0 Å². The van der Waals surface area contributed by atoms with Crippen molar-refractivity contribution in [3.05, 3.63) is 22.4 Å². The van der Waals surface area contributed by atoms with E-state index in [0.717, 1.165) is 52.2 Å². The van der Waals surface area contributed by atoms with Gasteiger partial charge in [-0.1, -0.05) is 19.6 Å². The number of carbonyl (C=O) groups excluding carboxylic acids is 2. The van der Waals surface area contributed by atoms with E-state index in [1.54, 1.807) is 0 Å². The first kappa shape index (κ1) is 24.0. The summed E-state index contributed by atoms with van der Waals surface area (Å²) >= 11 is 3.71. The average molecular weight is 539 g/mol. The van der Waals surface area contributed by atoms with Gasteiger partial charge in [-0.15, -0.1) is 0 Å². The Hall–Kier alpha value is -2.11. The van der Waals surface area contributed by atoms with Crippen molar-refractivity contribution in [1.29, 1.82) is 0 Å². The Balaban J connectivity index is 1.61. The van der Waals surface area contributed by atoms with Gasteiger partial charge in [0.1, 0.15) is 12.4 Å². The number of fused-ring (bicyclic) bond motifs is 3. The first-order valence-electron chi connectivity index (χ1n) is 11.3. The van der Waals surface area contributed by atoms with Crippen molar-refractivity contribution in [3.8, 4) is 0 Å². The maximum atomic E-state index is 13.0. The molecule has 0 saturated heterocycles. The number of anilines is 1. The molecule has 9 nitrogen and oxygen atoms in total. The number of methoxy groups -OCH3 is 1. The van der Waals surface area contributed by atoms with E-state index in [1.807, 2.05) is 21.9 Å². The molecule has 2 aromatic heterocycles. The predicted molar refractivity (Wildman–Crippen MR) is 133 cm³/mol. The number of hydrogen-bond donors (Lipinski definition) is 2. The molecule has 2 N–H and O–H groups in total. The van der Waals surface area contributed by atoms with Crippen LogP contribution in [-0.4, -0.2) is 55.5 Å². The molecule has 0 unspecified atom stereocenters. The molecule has 0 radical (unpaired) electrons. The summed E-state index contributed by atoms with van der Waals surface area (Å²) in [7, 11) is 0.200. The Morgan fingerprint density at radius 2 is 2.15 bits per heavy atom. The minimum atomic E-state index is -1.16. The van der Waals surface area contributed by atoms with Gasteiger partial charge in [0, 0.05) is 55.7 Å². The number of urea groups is 1. The zero-order chi connectivity index (χ0) is 23.8. The first-order chi connectivity index (χ1) is 15.7. The molecule has 3 heterocycles. The van der Waals surface area contributed by atoms with E-state index >= 15 is 0 Å². The first-order valence-corrected chi connectivity index (χ1v) is 15.8. The van der Waals surface area contributed by atoms with Crippen LogP contribution in [0.3, 0.4) is 0 Å². The Morgan fingerprint density at radius 1 is 1.36 bits per heavy atom. The van der Waals surface area contributed by atoms with Crippen LogP contribution in [0, 0.1) is 0 Å². The summed E-state index contributed by atoms with van der Waals surface area (Å²) in [6.07, 6.45) is 5.64. The SMILES string of the molecule is COC(=O)N[C@@H]1CC[C@@H](N2C(=O)NCc3cnc4c(c(Br)cn4COCC[Si](C)(C)C)c32)C1. The van der Waals surface area contributed by atoms with E-state index in [9.17, 15) is 9.59 Å². The zero-order valence-electron chi connectivity index (χ0n) is 19.6. The standard InChI is InChI=1S/C22H32BrN5O4Si/c1-31-22(30)26-15-5-6-16(9-15)28-19-14(11-25-21(28)29)10-24-20-18(19)17(23)12-27(20)13-32-7-8-33(2,3)4/h10,12,15-16H,5-9,11,13H2,1-4H3,(H,25,29)(H,26,30)/t15-,16-/m1/s1. The number of ether oxygens (including phenoxy) is 2. The van der Waals surface area contributed by atoms with Crippen LogP contribution in [0.4, 0.5) is 15.3 Å². The van der Waals surface area contributed by atoms with Gasteiger partial charge in [0.25, 0.3) is 0 Å². The van der Waals surface area contributed by atoms with Crippen LogP contribution in [0.5, 0.6) is 0 Å². The highest BCUT2D eigenvalue weighted by Crippen LogP contribution is 2.41. The topological polar surface area (TPSA) is 97.7 Å². The summed E-state index contributed by atoms with van der Waals surface area (Å²) in [5, 5.41) is 6.76.